The van der Waals surface area contributed by atoms with Gasteiger partial charge in [0.25, 0.3) is 0 Å². The van der Waals surface area contributed by atoms with E-state index in [2.05, 4.69) is 75.9 Å². The standard InChI is InChI=1S/C26H37NO3.C25H33NO3.C4H10O.CH3.BrH.Mg/c1-6-9-22(3,29)25-15-23-10-11-26(25,30-5)21(25)24(23)12-13-27(4)18(23)14-17-8-7-16(2)20(28)19(17)24;1-5-6-18(27)17-14-23-9-10-25(17,28-4)22-24(23)11-12-26(3)19(23)13-16-8-7-15(2)21(29-22)20(16)24;1-3-5-4-2;;;/h7-8,18,21,28-29H,6,9-15H2,1-5H3;7-8,17,19,22H,5-6,9-14H2,1-4H3;3-4H2,1-2H3;1H3;1H;/q;;;-1;;+2/p-1/t18-,21?,22-,23-,24+,25?,26+;17-,19-,22-,23-,24+,25-;;;;/m11..../s1. The van der Waals surface area contributed by atoms with Crippen molar-refractivity contribution < 1.29 is 50.9 Å². The van der Waals surface area contributed by atoms with Crippen LogP contribution in [-0.2, 0) is 42.7 Å². The van der Waals surface area contributed by atoms with Gasteiger partial charge in [-0.3, -0.25) is 4.79 Å². The molecule has 3 heterocycles. The fourth-order valence-electron chi connectivity index (χ4n) is 19.0. The van der Waals surface area contributed by atoms with Crippen LogP contribution in [0.25, 0.3) is 0 Å². The molecule has 67 heavy (non-hydrogen) atoms. The number of ether oxygens (including phenoxy) is 4. The number of likely N-dealkylation sites (tertiary alicyclic amines) is 2. The van der Waals surface area contributed by atoms with E-state index in [0.29, 0.717) is 36.0 Å². The van der Waals surface area contributed by atoms with E-state index in [1.807, 2.05) is 35.0 Å². The normalized spacial score (nSPS) is 40.8. The van der Waals surface area contributed by atoms with E-state index >= 15 is 0 Å². The van der Waals surface area contributed by atoms with Crippen molar-refractivity contribution in [1.82, 2.24) is 9.80 Å². The summed E-state index contributed by atoms with van der Waals surface area (Å²) in [5.41, 5.74) is 6.26. The number of hydrogen-bond acceptors (Lipinski definition) is 9. The predicted octanol–water partition coefficient (Wildman–Crippen LogP) is 5.86. The van der Waals surface area contributed by atoms with Gasteiger partial charge in [-0.05, 0) is 167 Å². The van der Waals surface area contributed by atoms with Gasteiger partial charge in [0.1, 0.15) is 29.0 Å². The Morgan fingerprint density at radius 2 is 1.42 bits per heavy atom. The fourth-order valence-corrected chi connectivity index (χ4v) is 19.0. The van der Waals surface area contributed by atoms with Crippen LogP contribution in [0.1, 0.15) is 145 Å². The number of likely N-dealkylation sites (N-methyl/N-ethyl adjacent to an activating group) is 2. The second-order valence-corrected chi connectivity index (χ2v) is 22.8. The Morgan fingerprint density at radius 3 is 2.00 bits per heavy atom. The number of fused-ring (bicyclic) bond motifs is 4. The molecule has 12 aliphatic rings. The molecule has 10 bridgehead atoms. The van der Waals surface area contributed by atoms with Gasteiger partial charge in [-0.25, -0.2) is 0 Å². The van der Waals surface area contributed by atoms with Gasteiger partial charge in [0.05, 0.1) is 17.1 Å². The molecule has 0 radical (unpaired) electrons. The van der Waals surface area contributed by atoms with Gasteiger partial charge in [-0.2, -0.15) is 0 Å². The molecule has 2 aromatic rings. The minimum absolute atomic E-state index is 0. The number of piperidine rings is 2. The molecule has 2 saturated heterocycles. The average molecular weight is 1000 g/mol. The number of nitrogens with zero attached hydrogens (tertiary/aromatic N) is 2. The van der Waals surface area contributed by atoms with E-state index in [9.17, 15) is 15.0 Å². The van der Waals surface area contributed by atoms with E-state index < -0.39 is 11.2 Å². The zero-order chi connectivity index (χ0) is 45.6. The Balaban J connectivity index is 0.000000174. The van der Waals surface area contributed by atoms with Gasteiger partial charge in [-0.15, -0.1) is 0 Å². The van der Waals surface area contributed by atoms with E-state index in [-0.39, 0.29) is 92.2 Å². The van der Waals surface area contributed by atoms with Crippen molar-refractivity contribution in [3.63, 3.8) is 0 Å². The second-order valence-electron chi connectivity index (χ2n) is 22.8. The minimum Gasteiger partial charge on any atom is -1.00 e. The number of carbonyl (C=O) groups is 1. The molecule has 9 nitrogen and oxygen atoms in total. The number of methoxy groups -OCH3 is 2. The van der Waals surface area contributed by atoms with Crippen LogP contribution in [-0.4, -0.2) is 138 Å². The van der Waals surface area contributed by atoms with Crippen LogP contribution in [0, 0.1) is 49.4 Å². The topological polar surface area (TPSA) is 101 Å². The number of Topliss-reactive ketones (excluding diaryl/α,β-unsaturated/α-hetero) is 1. The first kappa shape index (κ1) is 53.5. The zero-order valence-electron chi connectivity index (χ0n) is 43.3. The third-order valence-electron chi connectivity index (χ3n) is 21.1. The smallest absolute Gasteiger partial charge is 1.00 e. The summed E-state index contributed by atoms with van der Waals surface area (Å²) >= 11 is 0. The second kappa shape index (κ2) is 18.0. The molecule has 2 N–H and O–H groups in total. The maximum Gasteiger partial charge on any atom is 2.00 e. The van der Waals surface area contributed by atoms with Gasteiger partial charge in [0, 0.05) is 84.6 Å². The van der Waals surface area contributed by atoms with Gasteiger partial charge in [0.15, 0.2) is 0 Å². The Hall–Kier alpha value is -1.28. The van der Waals surface area contributed by atoms with Gasteiger partial charge < -0.3 is 63.4 Å². The summed E-state index contributed by atoms with van der Waals surface area (Å²) in [6.45, 7) is 18.4. The van der Waals surface area contributed by atoms with Crippen LogP contribution in [0.3, 0.4) is 0 Å². The van der Waals surface area contributed by atoms with E-state index in [4.69, 9.17) is 18.9 Å². The van der Waals surface area contributed by atoms with Crippen molar-refractivity contribution in [2.75, 3.05) is 54.6 Å². The molecule has 7 saturated carbocycles. The largest absolute Gasteiger partial charge is 2.00 e. The van der Waals surface area contributed by atoms with Crippen LogP contribution >= 0.6 is 0 Å². The molecule has 2 aromatic carbocycles. The molecule has 9 fully saturated rings. The molecule has 0 aromatic heterocycles. The summed E-state index contributed by atoms with van der Waals surface area (Å²) in [6, 6.07) is 9.92. The van der Waals surface area contributed by atoms with E-state index in [1.54, 1.807) is 0 Å². The SMILES string of the molecule is CCCC(=O)[C@H]1C[C@@]23CC[C@]1(OC)[C@@H]1Oc4c(C)ccc5c4[C@@]12CCN(C)[C@@H]3C5.CCC[C@@](C)(O)C12C[C@@]34CC[C@]1(OC)C2[C@@]31CCN(C)[C@@H]4Cc2ccc(C)c(O)c21.CCOCC.[Br-].[CH3-].[Mg+2]. The zero-order valence-corrected chi connectivity index (χ0v) is 46.3. The monoisotopic (exact) mass is 999 g/mol. The average Bonchev–Trinajstić information content (AvgIpc) is 3.59. The maximum atomic E-state index is 13.4. The molecule has 0 amide bonds. The number of rotatable bonds is 10. The molecular formula is C56H83BrMgN2O7. The van der Waals surface area contributed by atoms with Crippen molar-refractivity contribution in [2.24, 2.45) is 28.1 Å². The van der Waals surface area contributed by atoms with Crippen molar-refractivity contribution in [2.45, 2.75) is 184 Å². The summed E-state index contributed by atoms with van der Waals surface area (Å²) in [5.74, 6) is 2.28. The summed E-state index contributed by atoms with van der Waals surface area (Å²) in [6.07, 6.45) is 13.9. The first-order valence-electron chi connectivity index (χ1n) is 25.5. The number of aryl methyl sites for hydroxylation is 2. The minimum atomic E-state index is -0.743. The summed E-state index contributed by atoms with van der Waals surface area (Å²) < 4.78 is 24.6. The molecule has 368 valence electrons. The number of benzene rings is 2. The number of halogens is 1. The van der Waals surface area contributed by atoms with Crippen LogP contribution in [0.5, 0.6) is 11.5 Å². The molecular weight excluding hydrogens is 917 g/mol. The van der Waals surface area contributed by atoms with Crippen molar-refractivity contribution >= 4 is 28.8 Å². The number of carbonyl (C=O) groups excluding carboxylic acids is 1. The Labute approximate surface area is 430 Å². The molecule has 13 atom stereocenters. The summed E-state index contributed by atoms with van der Waals surface area (Å²) in [7, 11) is 8.29. The Morgan fingerprint density at radius 1 is 0.821 bits per heavy atom. The number of hydrogen-bond donors (Lipinski definition) is 2. The Kier molecular flexibility index (Phi) is 14.4. The quantitative estimate of drug-likeness (QED) is 0.224. The first-order chi connectivity index (χ1) is 30.6. The van der Waals surface area contributed by atoms with Crippen LogP contribution in [0.2, 0.25) is 0 Å². The van der Waals surface area contributed by atoms with Gasteiger partial charge in [0.2, 0.25) is 0 Å². The number of aromatic hydroxyl groups is 1. The molecule has 2 unspecified atom stereocenters. The van der Waals surface area contributed by atoms with Crippen molar-refractivity contribution in [3.05, 3.63) is 65.1 Å². The summed E-state index contributed by atoms with van der Waals surface area (Å²) in [5, 5.41) is 23.4. The van der Waals surface area contributed by atoms with Gasteiger partial charge >= 0.3 is 23.1 Å². The van der Waals surface area contributed by atoms with Crippen molar-refractivity contribution in [3.8, 4) is 11.5 Å². The predicted molar refractivity (Wildman–Crippen MR) is 263 cm³/mol. The van der Waals surface area contributed by atoms with Crippen LogP contribution in [0.15, 0.2) is 24.3 Å². The molecule has 9 aliphatic carbocycles. The van der Waals surface area contributed by atoms with Crippen LogP contribution < -0.4 is 21.7 Å². The first-order valence-corrected chi connectivity index (χ1v) is 25.5. The van der Waals surface area contributed by atoms with E-state index in [1.165, 1.54) is 27.8 Å². The van der Waals surface area contributed by atoms with Crippen LogP contribution in [0.4, 0.5) is 0 Å². The molecule has 14 rings (SSSR count). The number of phenols is 1. The molecule has 3 aliphatic heterocycles. The third kappa shape index (κ3) is 6.19. The van der Waals surface area contributed by atoms with Crippen molar-refractivity contribution in [1.29, 1.82) is 0 Å². The Bertz CT molecular complexity index is 2220. The third-order valence-corrected chi connectivity index (χ3v) is 21.1. The fraction of sp³-hybridized carbons (Fsp3) is 0.750. The maximum absolute atomic E-state index is 13.4. The number of ketones is 1. The van der Waals surface area contributed by atoms with E-state index in [0.717, 1.165) is 121 Å². The summed E-state index contributed by atoms with van der Waals surface area (Å²) in [4.78, 5) is 18.6. The van der Waals surface area contributed by atoms with Gasteiger partial charge in [-0.1, -0.05) is 44.5 Å². The number of aliphatic hydroxyl groups is 1. The molecule has 3 spiro atoms. The number of phenolic OH excluding ortho intramolecular Hbond substituents is 1. The molecule has 11 heteroatoms.